The lowest BCUT2D eigenvalue weighted by atomic mass is 10.2. The molecule has 0 amide bonds. The predicted octanol–water partition coefficient (Wildman–Crippen LogP) is 2.21. The Bertz CT molecular complexity index is 515. The number of nitrogens with zero attached hydrogens (tertiary/aromatic N) is 3. The lowest BCUT2D eigenvalue weighted by Gasteiger charge is -2.07. The smallest absolute Gasteiger partial charge is 0.124 e. The van der Waals surface area contributed by atoms with E-state index in [4.69, 9.17) is 16.3 Å². The highest BCUT2D eigenvalue weighted by Gasteiger charge is 2.07. The van der Waals surface area contributed by atoms with Crippen molar-refractivity contribution in [1.82, 2.24) is 15.0 Å². The summed E-state index contributed by atoms with van der Waals surface area (Å²) in [6, 6.07) is 4.36. The van der Waals surface area contributed by atoms with Crippen molar-refractivity contribution >= 4 is 11.6 Å². The molecule has 0 atom stereocenters. The van der Waals surface area contributed by atoms with Gasteiger partial charge in [0.15, 0.2) is 0 Å². The predicted molar refractivity (Wildman–Crippen MR) is 61.6 cm³/mol. The zero-order chi connectivity index (χ0) is 12.3. The number of hydrogen-bond donors (Lipinski definition) is 0. The summed E-state index contributed by atoms with van der Waals surface area (Å²) >= 11 is 5.63. The Hall–Kier alpha value is -1.62. The average molecular weight is 256 g/mol. The van der Waals surface area contributed by atoms with Gasteiger partial charge in [-0.05, 0) is 18.2 Å². The van der Waals surface area contributed by atoms with Gasteiger partial charge in [-0.2, -0.15) is 0 Å². The maximum atomic E-state index is 13.1. The molecule has 2 aromatic rings. The first kappa shape index (κ1) is 11.9. The summed E-state index contributed by atoms with van der Waals surface area (Å²) in [5.74, 6) is 0.619. The minimum Gasteiger partial charge on any atom is -0.496 e. The number of methoxy groups -OCH3 is 1. The van der Waals surface area contributed by atoms with E-state index >= 15 is 0 Å². The molecule has 90 valence electrons. The fraction of sp³-hybridized carbons (Fsp3) is 0.273. The van der Waals surface area contributed by atoms with Gasteiger partial charge in [-0.1, -0.05) is 5.21 Å². The molecule has 0 bridgehead atoms. The summed E-state index contributed by atoms with van der Waals surface area (Å²) in [7, 11) is 1.54. The molecule has 0 aliphatic rings. The second-order valence-corrected chi connectivity index (χ2v) is 3.76. The SMILES string of the molecule is COc1ccc(F)cc1Cn1cc(CCl)nn1. The van der Waals surface area contributed by atoms with Gasteiger partial charge in [0.05, 0.1) is 31.4 Å². The summed E-state index contributed by atoms with van der Waals surface area (Å²) in [6.45, 7) is 0.394. The molecule has 0 radical (unpaired) electrons. The molecule has 0 unspecified atom stereocenters. The molecular formula is C11H11ClFN3O. The van der Waals surface area contributed by atoms with Gasteiger partial charge in [0.2, 0.25) is 0 Å². The first-order valence-electron chi connectivity index (χ1n) is 5.00. The molecule has 0 aliphatic heterocycles. The second kappa shape index (κ2) is 5.14. The van der Waals surface area contributed by atoms with Crippen LogP contribution in [0, 0.1) is 5.82 Å². The summed E-state index contributed by atoms with van der Waals surface area (Å²) in [6.07, 6.45) is 1.72. The van der Waals surface area contributed by atoms with Crippen molar-refractivity contribution in [2.75, 3.05) is 7.11 Å². The topological polar surface area (TPSA) is 39.9 Å². The normalized spacial score (nSPS) is 10.5. The van der Waals surface area contributed by atoms with E-state index in [9.17, 15) is 4.39 Å². The van der Waals surface area contributed by atoms with Crippen LogP contribution in [0.4, 0.5) is 4.39 Å². The Morgan fingerprint density at radius 2 is 2.29 bits per heavy atom. The van der Waals surface area contributed by atoms with E-state index in [0.29, 0.717) is 29.4 Å². The van der Waals surface area contributed by atoms with Crippen LogP contribution in [-0.4, -0.2) is 22.1 Å². The molecule has 0 saturated carbocycles. The molecule has 2 rings (SSSR count). The molecule has 6 heteroatoms. The average Bonchev–Trinajstić information content (AvgIpc) is 2.77. The lowest BCUT2D eigenvalue weighted by molar-refractivity contribution is 0.405. The third kappa shape index (κ3) is 2.74. The highest BCUT2D eigenvalue weighted by atomic mass is 35.5. The number of aromatic nitrogens is 3. The van der Waals surface area contributed by atoms with Crippen molar-refractivity contribution in [3.8, 4) is 5.75 Å². The molecule has 1 aromatic carbocycles. The number of alkyl halides is 1. The van der Waals surface area contributed by atoms with E-state index in [1.807, 2.05) is 0 Å². The van der Waals surface area contributed by atoms with Crippen molar-refractivity contribution in [3.63, 3.8) is 0 Å². The van der Waals surface area contributed by atoms with Gasteiger partial charge >= 0.3 is 0 Å². The Balaban J connectivity index is 2.25. The van der Waals surface area contributed by atoms with E-state index in [1.165, 1.54) is 12.1 Å². The summed E-state index contributed by atoms with van der Waals surface area (Å²) in [4.78, 5) is 0. The highest BCUT2D eigenvalue weighted by Crippen LogP contribution is 2.20. The van der Waals surface area contributed by atoms with Gasteiger partial charge in [0, 0.05) is 5.56 Å². The summed E-state index contributed by atoms with van der Waals surface area (Å²) in [5, 5.41) is 7.75. The molecule has 1 aromatic heterocycles. The Morgan fingerprint density at radius 1 is 1.47 bits per heavy atom. The molecule has 0 spiro atoms. The summed E-state index contributed by atoms with van der Waals surface area (Å²) < 4.78 is 19.9. The Morgan fingerprint density at radius 3 is 2.94 bits per heavy atom. The largest absolute Gasteiger partial charge is 0.496 e. The highest BCUT2D eigenvalue weighted by molar-refractivity contribution is 6.16. The zero-order valence-corrected chi connectivity index (χ0v) is 9.99. The van der Waals surface area contributed by atoms with Crippen molar-refractivity contribution < 1.29 is 9.13 Å². The van der Waals surface area contributed by atoms with Gasteiger partial charge in [0.25, 0.3) is 0 Å². The molecule has 17 heavy (non-hydrogen) atoms. The second-order valence-electron chi connectivity index (χ2n) is 3.50. The van der Waals surface area contributed by atoms with Gasteiger partial charge in [-0.25, -0.2) is 9.07 Å². The first-order valence-corrected chi connectivity index (χ1v) is 5.53. The van der Waals surface area contributed by atoms with Crippen LogP contribution in [0.25, 0.3) is 0 Å². The van der Waals surface area contributed by atoms with Crippen LogP contribution in [0.15, 0.2) is 24.4 Å². The maximum absolute atomic E-state index is 13.1. The van der Waals surface area contributed by atoms with Gasteiger partial charge in [-0.3, -0.25) is 0 Å². The molecule has 1 heterocycles. The molecule has 0 fully saturated rings. The van der Waals surface area contributed by atoms with Crippen LogP contribution in [0.2, 0.25) is 0 Å². The minimum atomic E-state index is -0.307. The van der Waals surface area contributed by atoms with E-state index in [2.05, 4.69) is 10.3 Å². The number of benzene rings is 1. The molecule has 4 nitrogen and oxygen atoms in total. The van der Waals surface area contributed by atoms with Gasteiger partial charge < -0.3 is 4.74 Å². The monoisotopic (exact) mass is 255 g/mol. The number of rotatable bonds is 4. The fourth-order valence-electron chi connectivity index (χ4n) is 1.52. The molecule has 0 aliphatic carbocycles. The van der Waals surface area contributed by atoms with E-state index in [0.717, 1.165) is 0 Å². The van der Waals surface area contributed by atoms with Crippen molar-refractivity contribution in [2.24, 2.45) is 0 Å². The number of hydrogen-bond acceptors (Lipinski definition) is 3. The van der Waals surface area contributed by atoms with Crippen LogP contribution in [-0.2, 0) is 12.4 Å². The van der Waals surface area contributed by atoms with Gasteiger partial charge in [0.1, 0.15) is 11.6 Å². The lowest BCUT2D eigenvalue weighted by Crippen LogP contribution is -2.03. The Labute approximate surface area is 103 Å². The van der Waals surface area contributed by atoms with Crippen molar-refractivity contribution in [1.29, 1.82) is 0 Å². The van der Waals surface area contributed by atoms with E-state index in [-0.39, 0.29) is 5.82 Å². The van der Waals surface area contributed by atoms with Crippen LogP contribution >= 0.6 is 11.6 Å². The molecular weight excluding hydrogens is 245 g/mol. The zero-order valence-electron chi connectivity index (χ0n) is 9.23. The van der Waals surface area contributed by atoms with Gasteiger partial charge in [-0.15, -0.1) is 16.7 Å². The number of ether oxygens (including phenoxy) is 1. The van der Waals surface area contributed by atoms with Crippen LogP contribution in [0.1, 0.15) is 11.3 Å². The maximum Gasteiger partial charge on any atom is 0.124 e. The van der Waals surface area contributed by atoms with Crippen LogP contribution in [0.5, 0.6) is 5.75 Å². The van der Waals surface area contributed by atoms with E-state index in [1.54, 1.807) is 24.1 Å². The third-order valence-corrected chi connectivity index (χ3v) is 2.57. The Kier molecular flexibility index (Phi) is 3.58. The summed E-state index contributed by atoms with van der Waals surface area (Å²) in [5.41, 5.74) is 1.39. The van der Waals surface area contributed by atoms with E-state index < -0.39 is 0 Å². The van der Waals surface area contributed by atoms with Crippen molar-refractivity contribution in [2.45, 2.75) is 12.4 Å². The van der Waals surface area contributed by atoms with Crippen LogP contribution in [0.3, 0.4) is 0 Å². The van der Waals surface area contributed by atoms with Crippen molar-refractivity contribution in [3.05, 3.63) is 41.5 Å². The first-order chi connectivity index (χ1) is 8.22. The quantitative estimate of drug-likeness (QED) is 0.787. The third-order valence-electron chi connectivity index (χ3n) is 2.30. The number of halogens is 2. The minimum absolute atomic E-state index is 0.306. The molecule has 0 saturated heterocycles. The standard InChI is InChI=1S/C11H11ClFN3O/c1-17-11-3-2-9(13)4-8(11)6-16-7-10(5-12)14-15-16/h2-4,7H,5-6H2,1H3. The molecule has 0 N–H and O–H groups in total. The fourth-order valence-corrected chi connectivity index (χ4v) is 1.64. The van der Waals surface area contributed by atoms with Crippen LogP contribution < -0.4 is 4.74 Å².